The molecule has 0 aromatic rings. The van der Waals surface area contributed by atoms with Crippen LogP contribution in [0.4, 0.5) is 13.2 Å². The number of rotatable bonds is 9. The lowest BCUT2D eigenvalue weighted by Gasteiger charge is -2.18. The van der Waals surface area contributed by atoms with Crippen LogP contribution in [0, 0.1) is 11.8 Å². The Morgan fingerprint density at radius 2 is 1.31 bits per heavy atom. The van der Waals surface area contributed by atoms with Crippen LogP contribution in [0.2, 0.25) is 0 Å². The summed E-state index contributed by atoms with van der Waals surface area (Å²) in [4.78, 5) is 0. The summed E-state index contributed by atoms with van der Waals surface area (Å²) in [6.45, 7) is 22.3. The topological polar surface area (TPSA) is 9.23 Å². The third-order valence-corrected chi connectivity index (χ3v) is 2.52. The molecule has 26 heavy (non-hydrogen) atoms. The van der Waals surface area contributed by atoms with Crippen LogP contribution in [-0.4, -0.2) is 6.11 Å². The van der Waals surface area contributed by atoms with E-state index in [0.29, 0.717) is 5.57 Å². The molecule has 0 saturated carbocycles. The number of allylic oxidation sites excluding steroid dienone is 9. The van der Waals surface area contributed by atoms with Gasteiger partial charge in [-0.3, -0.25) is 0 Å². The molecule has 0 heterocycles. The molecular formula is C22H21F3O. The number of ether oxygens (including phenoxy) is 1. The van der Waals surface area contributed by atoms with Crippen LogP contribution in [0.15, 0.2) is 110 Å². The van der Waals surface area contributed by atoms with Crippen LogP contribution in [0.25, 0.3) is 0 Å². The molecule has 0 spiro atoms. The van der Waals surface area contributed by atoms with Crippen LogP contribution < -0.4 is 0 Å². The zero-order valence-electron chi connectivity index (χ0n) is 14.7. The lowest BCUT2D eigenvalue weighted by atomic mass is 10.2. The Kier molecular flexibility index (Phi) is 9.32. The molecule has 136 valence electrons. The second kappa shape index (κ2) is 10.6. The summed E-state index contributed by atoms with van der Waals surface area (Å²) in [5.41, 5.74) is 0.999. The highest BCUT2D eigenvalue weighted by Gasteiger charge is 2.34. The average molecular weight is 358 g/mol. The molecule has 0 aliphatic heterocycles. The van der Waals surface area contributed by atoms with E-state index in [4.69, 9.17) is 0 Å². The highest BCUT2D eigenvalue weighted by Crippen LogP contribution is 2.28. The minimum absolute atomic E-state index is 0.277. The first kappa shape index (κ1) is 22.8. The summed E-state index contributed by atoms with van der Waals surface area (Å²) in [5, 5.41) is 0. The summed E-state index contributed by atoms with van der Waals surface area (Å²) >= 11 is 0. The lowest BCUT2D eigenvalue weighted by Crippen LogP contribution is -2.21. The normalized spacial score (nSPS) is 11.2. The Balaban J connectivity index is 4.85. The molecule has 0 fully saturated rings. The predicted molar refractivity (Wildman–Crippen MR) is 103 cm³/mol. The zero-order chi connectivity index (χ0) is 20.3. The van der Waals surface area contributed by atoms with Crippen molar-refractivity contribution in [2.24, 2.45) is 0 Å². The van der Waals surface area contributed by atoms with E-state index in [1.807, 2.05) is 6.92 Å². The van der Waals surface area contributed by atoms with Crippen molar-refractivity contribution in [2.45, 2.75) is 13.0 Å². The van der Waals surface area contributed by atoms with Crippen molar-refractivity contribution in [3.63, 3.8) is 0 Å². The van der Waals surface area contributed by atoms with Gasteiger partial charge in [-0.05, 0) is 37.3 Å². The van der Waals surface area contributed by atoms with Crippen molar-refractivity contribution in [1.29, 1.82) is 0 Å². The number of halogens is 3. The smallest absolute Gasteiger partial charge is 0.426 e. The van der Waals surface area contributed by atoms with Gasteiger partial charge in [-0.15, -0.1) is 0 Å². The molecule has 0 aromatic heterocycles. The van der Waals surface area contributed by atoms with E-state index in [1.165, 1.54) is 6.08 Å². The SMILES string of the molecule is C=C(C)/C=C\C(=C)C#CC(=C)/C=C\C(=C)C(F)(F)OC(=C)/C=C\C(=C)F. The van der Waals surface area contributed by atoms with E-state index >= 15 is 0 Å². The monoisotopic (exact) mass is 358 g/mol. The highest BCUT2D eigenvalue weighted by molar-refractivity contribution is 5.46. The Labute approximate surface area is 153 Å². The fourth-order valence-corrected chi connectivity index (χ4v) is 1.23. The minimum Gasteiger partial charge on any atom is -0.430 e. The van der Waals surface area contributed by atoms with E-state index in [0.717, 1.165) is 23.8 Å². The van der Waals surface area contributed by atoms with Crippen molar-refractivity contribution in [1.82, 2.24) is 0 Å². The first-order valence-corrected chi connectivity index (χ1v) is 7.33. The quantitative estimate of drug-likeness (QED) is 0.259. The van der Waals surface area contributed by atoms with Crippen LogP contribution in [0.5, 0.6) is 0 Å². The Bertz CT molecular complexity index is 778. The number of hydrogen-bond donors (Lipinski definition) is 0. The number of hydrogen-bond acceptors (Lipinski definition) is 1. The molecule has 0 aromatic carbocycles. The Morgan fingerprint density at radius 3 is 1.77 bits per heavy atom. The van der Waals surface area contributed by atoms with Gasteiger partial charge in [0.1, 0.15) is 11.6 Å². The third-order valence-electron chi connectivity index (χ3n) is 2.52. The molecule has 0 radical (unpaired) electrons. The molecule has 4 heteroatoms. The Hall–Kier alpha value is -3.19. The molecule has 0 aliphatic rings. The van der Waals surface area contributed by atoms with Gasteiger partial charge in [0.15, 0.2) is 0 Å². The molecule has 0 atom stereocenters. The maximum absolute atomic E-state index is 13.9. The fraction of sp³-hybridized carbons (Fsp3) is 0.0909. The summed E-state index contributed by atoms with van der Waals surface area (Å²) in [5.74, 6) is 4.13. The molecule has 0 rings (SSSR count). The summed E-state index contributed by atoms with van der Waals surface area (Å²) in [7, 11) is 0. The van der Waals surface area contributed by atoms with Gasteiger partial charge in [-0.25, -0.2) is 4.39 Å². The van der Waals surface area contributed by atoms with E-state index in [-0.39, 0.29) is 5.57 Å². The van der Waals surface area contributed by atoms with Crippen molar-refractivity contribution >= 4 is 0 Å². The van der Waals surface area contributed by atoms with E-state index in [1.54, 1.807) is 12.2 Å². The molecular weight excluding hydrogens is 337 g/mol. The largest absolute Gasteiger partial charge is 0.430 e. The fourth-order valence-electron chi connectivity index (χ4n) is 1.23. The van der Waals surface area contributed by atoms with Crippen molar-refractivity contribution in [2.75, 3.05) is 0 Å². The van der Waals surface area contributed by atoms with Crippen molar-refractivity contribution < 1.29 is 17.9 Å². The second-order valence-electron chi connectivity index (χ2n) is 5.20. The van der Waals surface area contributed by atoms with Gasteiger partial charge in [0.05, 0.1) is 5.57 Å². The first-order valence-electron chi connectivity index (χ1n) is 7.33. The highest BCUT2D eigenvalue weighted by atomic mass is 19.3. The molecule has 0 amide bonds. The van der Waals surface area contributed by atoms with Gasteiger partial charge >= 0.3 is 6.11 Å². The maximum atomic E-state index is 13.9. The van der Waals surface area contributed by atoms with Crippen molar-refractivity contribution in [3.8, 4) is 11.8 Å². The maximum Gasteiger partial charge on any atom is 0.426 e. The Morgan fingerprint density at radius 1 is 0.808 bits per heavy atom. The van der Waals surface area contributed by atoms with E-state index < -0.39 is 23.3 Å². The lowest BCUT2D eigenvalue weighted by molar-refractivity contribution is -0.175. The number of alkyl halides is 2. The minimum atomic E-state index is -3.73. The van der Waals surface area contributed by atoms with Gasteiger partial charge in [0.2, 0.25) is 0 Å². The van der Waals surface area contributed by atoms with Crippen LogP contribution in [0.3, 0.4) is 0 Å². The van der Waals surface area contributed by atoms with Crippen LogP contribution >= 0.6 is 0 Å². The van der Waals surface area contributed by atoms with Crippen LogP contribution in [-0.2, 0) is 4.74 Å². The van der Waals surface area contributed by atoms with Gasteiger partial charge in [-0.2, -0.15) is 8.78 Å². The molecule has 0 unspecified atom stereocenters. The molecule has 1 nitrogen and oxygen atoms in total. The zero-order valence-corrected chi connectivity index (χ0v) is 14.7. The molecule has 0 N–H and O–H groups in total. The van der Waals surface area contributed by atoms with Gasteiger partial charge in [-0.1, -0.05) is 63.0 Å². The van der Waals surface area contributed by atoms with Crippen molar-refractivity contribution in [3.05, 3.63) is 110 Å². The van der Waals surface area contributed by atoms with Gasteiger partial charge < -0.3 is 4.74 Å². The van der Waals surface area contributed by atoms with E-state index in [2.05, 4.69) is 56.1 Å². The van der Waals surface area contributed by atoms with Crippen LogP contribution in [0.1, 0.15) is 6.92 Å². The third kappa shape index (κ3) is 10.6. The summed E-state index contributed by atoms with van der Waals surface area (Å²) in [6.07, 6.45) is 3.77. The van der Waals surface area contributed by atoms with E-state index in [9.17, 15) is 13.2 Å². The molecule has 0 saturated heterocycles. The molecule has 0 bridgehead atoms. The first-order chi connectivity index (χ1) is 11.9. The standard InChI is InChI=1S/C22H21F3O/c1-16(2)8-9-17(3)10-11-18(4)12-13-19(5)22(24,25)26-21(7)15-14-20(6)23/h8-9,12-15H,1,3-7H2,2H3/b9-8-,13-12-,15-14-. The van der Waals surface area contributed by atoms with Gasteiger partial charge in [0, 0.05) is 11.1 Å². The predicted octanol–water partition coefficient (Wildman–Crippen LogP) is 6.51. The second-order valence-corrected chi connectivity index (χ2v) is 5.20. The summed E-state index contributed by atoms with van der Waals surface area (Å²) < 4.78 is 44.5. The van der Waals surface area contributed by atoms with Gasteiger partial charge in [0.25, 0.3) is 0 Å². The summed E-state index contributed by atoms with van der Waals surface area (Å²) in [6, 6.07) is 0. The average Bonchev–Trinajstić information content (AvgIpc) is 2.53. The molecule has 0 aliphatic carbocycles.